The lowest BCUT2D eigenvalue weighted by molar-refractivity contribution is -0.154. The Hall–Kier alpha value is -1.81. The number of halogens is 2. The number of hydrogen-bond donors (Lipinski definition) is 1. The smallest absolute Gasteiger partial charge is 0.310 e. The number of amides is 2. The number of aliphatic hydroxyl groups is 1. The largest absolute Gasteiger partial charge is 0.465 e. The lowest BCUT2D eigenvalue weighted by Gasteiger charge is -2.39. The number of hydrogen-bond acceptors (Lipinski definition) is 6. The fourth-order valence-electron chi connectivity index (χ4n) is 5.74. The van der Waals surface area contributed by atoms with Crippen molar-refractivity contribution < 1.29 is 24.2 Å². The average molecular weight is 598 g/mol. The van der Waals surface area contributed by atoms with Crippen molar-refractivity contribution in [3.05, 3.63) is 54.6 Å². The Labute approximate surface area is 229 Å². The first kappa shape index (κ1) is 27.2. The molecular formula is C26H30BrClN2O5S. The fourth-order valence-corrected chi connectivity index (χ4v) is 9.44. The Bertz CT molecular complexity index is 1060. The zero-order chi connectivity index (χ0) is 26.2. The van der Waals surface area contributed by atoms with Crippen molar-refractivity contribution in [1.82, 2.24) is 4.90 Å². The van der Waals surface area contributed by atoms with Gasteiger partial charge in [0.05, 0.1) is 35.8 Å². The summed E-state index contributed by atoms with van der Waals surface area (Å²) in [4.78, 5) is 44.5. The number of alkyl halides is 1. The standard InChI is InChI=1S/C26H30BrClN2O5S/c1-4-6-12-35-25(34)19-20-23(32)30(15(3)14-31)22(26(20)13-18(27)21(19)36-26)24(33)29(11-5-2)17-9-7-16(28)8-10-17/h4-5,7-10,15,18-22,31H,1-2,6,11-14H2,3H3/t15-,18?,19+,20+,21+,22?,26?/m1/s1. The van der Waals surface area contributed by atoms with Gasteiger partial charge in [0.25, 0.3) is 5.91 Å². The van der Waals surface area contributed by atoms with E-state index in [1.54, 1.807) is 48.2 Å². The molecule has 4 rings (SSSR count). The molecule has 2 bridgehead atoms. The van der Waals surface area contributed by atoms with Crippen LogP contribution in [0.5, 0.6) is 0 Å². The molecule has 1 spiro atoms. The highest BCUT2D eigenvalue weighted by molar-refractivity contribution is 9.09. The maximum atomic E-state index is 14.3. The Morgan fingerprint density at radius 2 is 2.06 bits per heavy atom. The second-order valence-electron chi connectivity index (χ2n) is 9.40. The molecule has 1 N–H and O–H groups in total. The van der Waals surface area contributed by atoms with E-state index in [-0.39, 0.29) is 41.6 Å². The molecule has 3 fully saturated rings. The minimum Gasteiger partial charge on any atom is -0.465 e. The first-order chi connectivity index (χ1) is 17.2. The quantitative estimate of drug-likeness (QED) is 0.191. The lowest BCUT2D eigenvalue weighted by Crippen LogP contribution is -2.57. The molecule has 0 aromatic heterocycles. The summed E-state index contributed by atoms with van der Waals surface area (Å²) in [7, 11) is 0. The van der Waals surface area contributed by atoms with E-state index in [1.165, 1.54) is 16.7 Å². The molecule has 0 aliphatic carbocycles. The van der Waals surface area contributed by atoms with Gasteiger partial charge >= 0.3 is 5.97 Å². The van der Waals surface area contributed by atoms with Crippen LogP contribution in [0.15, 0.2) is 49.6 Å². The van der Waals surface area contributed by atoms with E-state index >= 15 is 0 Å². The van der Waals surface area contributed by atoms with E-state index in [2.05, 4.69) is 29.1 Å². The van der Waals surface area contributed by atoms with Gasteiger partial charge in [-0.2, -0.15) is 0 Å². The first-order valence-electron chi connectivity index (χ1n) is 11.9. The zero-order valence-corrected chi connectivity index (χ0v) is 23.2. The number of carbonyl (C=O) groups excluding carboxylic acids is 3. The van der Waals surface area contributed by atoms with E-state index in [0.29, 0.717) is 23.6 Å². The zero-order valence-electron chi connectivity index (χ0n) is 20.0. The van der Waals surface area contributed by atoms with Gasteiger partial charge in [-0.05, 0) is 44.0 Å². The van der Waals surface area contributed by atoms with E-state index in [9.17, 15) is 19.5 Å². The Morgan fingerprint density at radius 3 is 2.67 bits per heavy atom. The highest BCUT2D eigenvalue weighted by atomic mass is 79.9. The van der Waals surface area contributed by atoms with Gasteiger partial charge in [-0.15, -0.1) is 24.9 Å². The van der Waals surface area contributed by atoms with E-state index in [0.717, 1.165) is 0 Å². The predicted octanol–water partition coefficient (Wildman–Crippen LogP) is 3.82. The molecule has 7 nitrogen and oxygen atoms in total. The van der Waals surface area contributed by atoms with Gasteiger partial charge in [0.2, 0.25) is 5.91 Å². The van der Waals surface area contributed by atoms with Crippen LogP contribution in [-0.2, 0) is 19.1 Å². The van der Waals surface area contributed by atoms with Crippen LogP contribution in [0.4, 0.5) is 5.69 Å². The van der Waals surface area contributed by atoms with Crippen LogP contribution in [0.1, 0.15) is 19.8 Å². The molecule has 3 saturated heterocycles. The molecule has 194 valence electrons. The summed E-state index contributed by atoms with van der Waals surface area (Å²) in [6.45, 7) is 9.30. The molecule has 36 heavy (non-hydrogen) atoms. The number of carbonyl (C=O) groups is 3. The van der Waals surface area contributed by atoms with Crippen molar-refractivity contribution in [3.8, 4) is 0 Å². The average Bonchev–Trinajstić information content (AvgIpc) is 3.45. The minimum atomic E-state index is -0.867. The van der Waals surface area contributed by atoms with Crippen LogP contribution in [0.2, 0.25) is 5.02 Å². The van der Waals surface area contributed by atoms with E-state index < -0.39 is 34.6 Å². The van der Waals surface area contributed by atoms with Crippen molar-refractivity contribution in [3.63, 3.8) is 0 Å². The second-order valence-corrected chi connectivity index (χ2v) is 12.6. The molecule has 3 unspecified atom stereocenters. The number of aliphatic hydroxyl groups excluding tert-OH is 1. The predicted molar refractivity (Wildman–Crippen MR) is 145 cm³/mol. The molecule has 2 amide bonds. The maximum Gasteiger partial charge on any atom is 0.310 e. The number of thioether (sulfide) groups is 1. The Balaban J connectivity index is 1.77. The van der Waals surface area contributed by atoms with Gasteiger partial charge in [0.1, 0.15) is 6.04 Å². The topological polar surface area (TPSA) is 87.1 Å². The molecule has 1 aromatic rings. The molecule has 3 aliphatic heterocycles. The lowest BCUT2D eigenvalue weighted by atomic mass is 9.71. The van der Waals surface area contributed by atoms with Crippen LogP contribution in [0.25, 0.3) is 0 Å². The van der Waals surface area contributed by atoms with E-state index in [4.69, 9.17) is 16.3 Å². The van der Waals surface area contributed by atoms with Gasteiger partial charge < -0.3 is 19.6 Å². The number of anilines is 1. The summed E-state index contributed by atoms with van der Waals surface area (Å²) in [5.41, 5.74) is 0.626. The number of esters is 1. The number of rotatable bonds is 10. The summed E-state index contributed by atoms with van der Waals surface area (Å²) >= 11 is 11.3. The minimum absolute atomic E-state index is 0.0634. The van der Waals surface area contributed by atoms with Gasteiger partial charge in [-0.25, -0.2) is 0 Å². The highest BCUT2D eigenvalue weighted by Crippen LogP contribution is 2.68. The maximum absolute atomic E-state index is 14.3. The third-order valence-electron chi connectivity index (χ3n) is 7.25. The van der Waals surface area contributed by atoms with Crippen molar-refractivity contribution in [1.29, 1.82) is 0 Å². The van der Waals surface area contributed by atoms with Gasteiger partial charge in [0.15, 0.2) is 0 Å². The molecule has 3 heterocycles. The summed E-state index contributed by atoms with van der Waals surface area (Å²) < 4.78 is 4.69. The number of benzene rings is 1. The summed E-state index contributed by atoms with van der Waals surface area (Å²) in [5, 5.41) is 10.4. The first-order valence-corrected chi connectivity index (χ1v) is 14.1. The van der Waals surface area contributed by atoms with Gasteiger partial charge in [0, 0.05) is 27.3 Å². The molecule has 3 aliphatic rings. The van der Waals surface area contributed by atoms with Gasteiger partial charge in [-0.3, -0.25) is 14.4 Å². The molecule has 10 heteroatoms. The highest BCUT2D eigenvalue weighted by Gasteiger charge is 2.76. The summed E-state index contributed by atoms with van der Waals surface area (Å²) in [6, 6.07) is 5.44. The van der Waals surface area contributed by atoms with Crippen molar-refractivity contribution >= 4 is 62.8 Å². The van der Waals surface area contributed by atoms with Crippen LogP contribution in [0.3, 0.4) is 0 Å². The van der Waals surface area contributed by atoms with Crippen LogP contribution in [-0.4, -0.2) is 74.5 Å². The van der Waals surface area contributed by atoms with Crippen molar-refractivity contribution in [2.24, 2.45) is 11.8 Å². The molecule has 0 saturated carbocycles. The van der Waals surface area contributed by atoms with Crippen LogP contribution in [0, 0.1) is 11.8 Å². The van der Waals surface area contributed by atoms with Gasteiger partial charge in [-0.1, -0.05) is 39.7 Å². The summed E-state index contributed by atoms with van der Waals surface area (Å²) in [6.07, 6.45) is 4.36. The van der Waals surface area contributed by atoms with Crippen molar-refractivity contribution in [2.45, 2.75) is 46.7 Å². The SMILES string of the molecule is C=CCCOC(=O)[C@H]1[C@H]2C(=O)N([C@H](C)CO)C(C(=O)N(CC=C)c3ccc(Cl)cc3)C23CC(Br)[C@@H]1S3. The monoisotopic (exact) mass is 596 g/mol. The third-order valence-corrected chi connectivity index (χ3v) is 10.7. The molecular weight excluding hydrogens is 568 g/mol. The number of nitrogens with zero attached hydrogens (tertiary/aromatic N) is 2. The van der Waals surface area contributed by atoms with Crippen LogP contribution >= 0.6 is 39.3 Å². The van der Waals surface area contributed by atoms with Crippen LogP contribution < -0.4 is 4.90 Å². The third kappa shape index (κ3) is 4.42. The number of fused-ring (bicyclic) bond motifs is 1. The van der Waals surface area contributed by atoms with E-state index in [1.807, 2.05) is 0 Å². The summed E-state index contributed by atoms with van der Waals surface area (Å²) in [5.74, 6) is -2.38. The molecule has 0 radical (unpaired) electrons. The van der Waals surface area contributed by atoms with Crippen molar-refractivity contribution in [2.75, 3.05) is 24.7 Å². The Morgan fingerprint density at radius 1 is 1.36 bits per heavy atom. The fraction of sp³-hybridized carbons (Fsp3) is 0.500. The Kier molecular flexibility index (Phi) is 8.24. The number of ether oxygens (including phenoxy) is 1. The second kappa shape index (κ2) is 10.9. The number of likely N-dealkylation sites (tertiary alicyclic amines) is 1. The molecule has 1 aromatic carbocycles. The normalized spacial score (nSPS) is 31.2. The molecule has 7 atom stereocenters.